The highest BCUT2D eigenvalue weighted by Crippen LogP contribution is 1.42. The van der Waals surface area contributed by atoms with E-state index in [1.807, 2.05) is 0 Å². The van der Waals surface area contributed by atoms with E-state index in [9.17, 15) is 0 Å². The van der Waals surface area contributed by atoms with E-state index in [1.165, 1.54) is 0 Å². The molecule has 0 spiro atoms. The van der Waals surface area contributed by atoms with Crippen molar-refractivity contribution in [2.45, 2.75) is 0 Å². The van der Waals surface area contributed by atoms with Crippen LogP contribution < -0.4 is 10.4 Å². The lowest BCUT2D eigenvalue weighted by Crippen LogP contribution is -2.17. The average Bonchev–Trinajstić information content (AvgIpc) is 1.77. The fraction of sp³-hybridized carbons (Fsp3) is 0. The highest BCUT2D eigenvalue weighted by atomic mass is 13.7. The van der Waals surface area contributed by atoms with Crippen LogP contribution in [-0.4, -0.2) is 0 Å². The van der Waals surface area contributed by atoms with Gasteiger partial charge in [0, 0.05) is 10.4 Å². The first kappa shape index (κ1) is 4.75. The molecule has 0 aromatic heterocycles. The Balaban J connectivity index is 3.59. The topological polar surface area (TPSA) is 0 Å². The number of rotatable bonds is 0. The average molecular weight is 100 g/mol. The lowest BCUT2D eigenvalue weighted by Gasteiger charge is -1.65. The summed E-state index contributed by atoms with van der Waals surface area (Å²) in [6.45, 7) is 7.24. The quantitative estimate of drug-likeness (QED) is 0.420. The summed E-state index contributed by atoms with van der Waals surface area (Å²) in [5.74, 6) is 0. The number of hydrogen-bond donors (Lipinski definition) is 0. The smallest absolute Gasteiger partial charge is 0.0334 e. The molecule has 1 aromatic carbocycles. The minimum Gasteiger partial charge on any atom is -0.0820 e. The minimum absolute atomic E-state index is 0.740. The van der Waals surface area contributed by atoms with Crippen LogP contribution in [0.3, 0.4) is 0 Å². The molecule has 0 N–H and O–H groups in total. The molecule has 0 radical (unpaired) electrons. The Morgan fingerprint density at radius 2 is 1.25 bits per heavy atom. The molecule has 0 nitrogen and oxygen atoms in total. The molecule has 0 amide bonds. The Kier molecular flexibility index (Phi) is 0.952. The van der Waals surface area contributed by atoms with Gasteiger partial charge in [-0.15, -0.1) is 0 Å². The van der Waals surface area contributed by atoms with Gasteiger partial charge in [0.1, 0.15) is 0 Å². The Morgan fingerprint density at radius 3 is 1.50 bits per heavy atom. The zero-order valence-corrected chi connectivity index (χ0v) is 4.41. The van der Waals surface area contributed by atoms with Crippen LogP contribution in [0.4, 0.5) is 0 Å². The molecule has 0 aliphatic rings. The highest BCUT2D eigenvalue weighted by Gasteiger charge is 1.65. The molecular weight excluding hydrogens is 96.1 g/mol. The molecule has 36 valence electrons. The van der Waals surface area contributed by atoms with Gasteiger partial charge in [0.2, 0.25) is 0 Å². The van der Waals surface area contributed by atoms with E-state index < -0.39 is 0 Å². The fourth-order valence-corrected chi connectivity index (χ4v) is 0.364. The lowest BCUT2D eigenvalue weighted by molar-refractivity contribution is 1.60. The standard InChI is InChI=1S/C8H4/c1-7-5-3-4-6-8(7)2/h1-2H2. The Bertz CT molecular complexity index is 231. The summed E-state index contributed by atoms with van der Waals surface area (Å²) in [6.07, 6.45) is 0. The van der Waals surface area contributed by atoms with E-state index in [2.05, 4.69) is 37.4 Å². The zero-order chi connectivity index (χ0) is 5.98. The molecule has 8 heavy (non-hydrogen) atoms. The van der Waals surface area contributed by atoms with Crippen LogP contribution in [0, 0.1) is 24.3 Å². The molecule has 0 atom stereocenters. The van der Waals surface area contributed by atoms with Crippen LogP contribution in [0.1, 0.15) is 0 Å². The van der Waals surface area contributed by atoms with E-state index in [0.717, 1.165) is 10.4 Å². The maximum Gasteiger partial charge on any atom is 0.0334 e. The van der Waals surface area contributed by atoms with Crippen LogP contribution in [0.15, 0.2) is 0 Å². The molecule has 1 rings (SSSR count). The Hall–Kier alpha value is -1.40. The van der Waals surface area contributed by atoms with Gasteiger partial charge in [-0.25, -0.2) is 0 Å². The second-order valence-corrected chi connectivity index (χ2v) is 1.46. The zero-order valence-electron chi connectivity index (χ0n) is 4.41. The van der Waals surface area contributed by atoms with Crippen molar-refractivity contribution < 1.29 is 0 Å². The van der Waals surface area contributed by atoms with Crippen molar-refractivity contribution in [2.24, 2.45) is 0 Å². The fourth-order valence-electron chi connectivity index (χ4n) is 0.364. The molecular formula is C8H4. The first-order valence-corrected chi connectivity index (χ1v) is 2.21. The van der Waals surface area contributed by atoms with Crippen LogP contribution >= 0.6 is 0 Å². The Morgan fingerprint density at radius 1 is 0.875 bits per heavy atom. The summed E-state index contributed by atoms with van der Waals surface area (Å²) >= 11 is 0. The van der Waals surface area contributed by atoms with E-state index in [4.69, 9.17) is 0 Å². The predicted molar refractivity (Wildman–Crippen MR) is 32.1 cm³/mol. The van der Waals surface area contributed by atoms with E-state index in [-0.39, 0.29) is 0 Å². The second-order valence-electron chi connectivity index (χ2n) is 1.46. The van der Waals surface area contributed by atoms with Crippen molar-refractivity contribution in [1.82, 2.24) is 0 Å². The molecule has 0 heteroatoms. The molecule has 1 aromatic rings. The van der Waals surface area contributed by atoms with Crippen molar-refractivity contribution >= 4 is 13.2 Å². The molecule has 0 aliphatic carbocycles. The third-order valence-corrected chi connectivity index (χ3v) is 0.854. The molecule has 0 aliphatic heterocycles. The third-order valence-electron chi connectivity index (χ3n) is 0.854. The van der Waals surface area contributed by atoms with Gasteiger partial charge in [-0.3, -0.25) is 0 Å². The van der Waals surface area contributed by atoms with Crippen LogP contribution in [0.2, 0.25) is 0 Å². The van der Waals surface area contributed by atoms with E-state index in [0.29, 0.717) is 0 Å². The molecule has 0 heterocycles. The van der Waals surface area contributed by atoms with E-state index in [1.54, 1.807) is 0 Å². The van der Waals surface area contributed by atoms with Crippen LogP contribution in [0.5, 0.6) is 0 Å². The van der Waals surface area contributed by atoms with Gasteiger partial charge in [-0.05, 0) is 12.1 Å². The summed E-state index contributed by atoms with van der Waals surface area (Å²) in [6, 6.07) is 10.6. The van der Waals surface area contributed by atoms with Gasteiger partial charge in [-0.2, -0.15) is 0 Å². The monoisotopic (exact) mass is 100 g/mol. The minimum atomic E-state index is 0.740. The van der Waals surface area contributed by atoms with E-state index >= 15 is 0 Å². The van der Waals surface area contributed by atoms with Crippen molar-refractivity contribution in [2.75, 3.05) is 0 Å². The molecule has 0 saturated carbocycles. The van der Waals surface area contributed by atoms with Gasteiger partial charge in [-0.1, -0.05) is 25.3 Å². The van der Waals surface area contributed by atoms with Gasteiger partial charge >= 0.3 is 0 Å². The van der Waals surface area contributed by atoms with Gasteiger partial charge < -0.3 is 0 Å². The summed E-state index contributed by atoms with van der Waals surface area (Å²) in [5.41, 5.74) is 0. The normalized spacial score (nSPS) is 7.00. The van der Waals surface area contributed by atoms with Gasteiger partial charge in [0.15, 0.2) is 0 Å². The largest absolute Gasteiger partial charge is 0.0820 e. The second kappa shape index (κ2) is 1.60. The molecule has 0 fully saturated rings. The summed E-state index contributed by atoms with van der Waals surface area (Å²) in [7, 11) is 0. The Labute approximate surface area is 48.8 Å². The molecule has 0 saturated heterocycles. The summed E-state index contributed by atoms with van der Waals surface area (Å²) in [5, 5.41) is 1.48. The van der Waals surface area contributed by atoms with Crippen LogP contribution in [0.25, 0.3) is 13.2 Å². The first-order chi connectivity index (χ1) is 3.80. The van der Waals surface area contributed by atoms with Crippen molar-refractivity contribution in [3.05, 3.63) is 34.7 Å². The number of hydrogen-bond acceptors (Lipinski definition) is 0. The lowest BCUT2D eigenvalue weighted by atomic mass is 10.4. The van der Waals surface area contributed by atoms with Crippen molar-refractivity contribution in [1.29, 1.82) is 0 Å². The SMILES string of the molecule is C=c1c#cc#cc1=C. The third kappa shape index (κ3) is 0.647. The van der Waals surface area contributed by atoms with Crippen molar-refractivity contribution in [3.8, 4) is 0 Å². The predicted octanol–water partition coefficient (Wildman–Crippen LogP) is -0.292. The maximum atomic E-state index is 3.62. The first-order valence-electron chi connectivity index (χ1n) is 2.21. The molecule has 0 bridgehead atoms. The summed E-state index contributed by atoms with van der Waals surface area (Å²) < 4.78 is 0. The van der Waals surface area contributed by atoms with Crippen LogP contribution in [-0.2, 0) is 0 Å². The maximum absolute atomic E-state index is 3.62. The highest BCUT2D eigenvalue weighted by molar-refractivity contribution is 5.07. The van der Waals surface area contributed by atoms with Crippen molar-refractivity contribution in [3.63, 3.8) is 0 Å². The van der Waals surface area contributed by atoms with Gasteiger partial charge in [0.25, 0.3) is 0 Å². The molecule has 0 unspecified atom stereocenters. The summed E-state index contributed by atoms with van der Waals surface area (Å²) in [4.78, 5) is 0. The van der Waals surface area contributed by atoms with Gasteiger partial charge in [0.05, 0.1) is 0 Å².